The monoisotopic (exact) mass is 698 g/mol. The molecule has 0 saturated carbocycles. The van der Waals surface area contributed by atoms with Gasteiger partial charge in [-0.25, -0.2) is 14.6 Å². The van der Waals surface area contributed by atoms with Gasteiger partial charge >= 0.3 is 0 Å². The van der Waals surface area contributed by atoms with Gasteiger partial charge < -0.3 is 21.1 Å². The Morgan fingerprint density at radius 3 is 2.02 bits per heavy atom. The smallest absolute Gasteiger partial charge is 0.227 e. The lowest BCUT2D eigenvalue weighted by molar-refractivity contribution is -0.119. The van der Waals surface area contributed by atoms with Crippen LogP contribution in [0.5, 0.6) is 0 Å². The molecule has 268 valence electrons. The quantitative estimate of drug-likeness (QED) is 0.0576. The Morgan fingerprint density at radius 1 is 0.804 bits per heavy atom. The van der Waals surface area contributed by atoms with Crippen molar-refractivity contribution in [3.05, 3.63) is 125 Å². The summed E-state index contributed by atoms with van der Waals surface area (Å²) in [5.41, 5.74) is 6.24. The molecule has 5 rings (SSSR count). The Kier molecular flexibility index (Phi) is 15.8. The fourth-order valence-corrected chi connectivity index (χ4v) is 4.76. The number of hydrazine groups is 1. The Balaban J connectivity index is 0.000000256. The number of anilines is 2. The van der Waals surface area contributed by atoms with Crippen molar-refractivity contribution < 1.29 is 18.4 Å². The minimum atomic E-state index is -0.351. The summed E-state index contributed by atoms with van der Waals surface area (Å²) in [7, 11) is 0. The van der Waals surface area contributed by atoms with Crippen molar-refractivity contribution in [3.63, 3.8) is 0 Å². The molecule has 0 bridgehead atoms. The first kappa shape index (κ1) is 39.4. The van der Waals surface area contributed by atoms with Crippen LogP contribution in [0.25, 0.3) is 11.4 Å². The summed E-state index contributed by atoms with van der Waals surface area (Å²) < 4.78 is 27.4. The van der Waals surface area contributed by atoms with Crippen molar-refractivity contribution in [2.45, 2.75) is 60.0 Å². The van der Waals surface area contributed by atoms with Gasteiger partial charge in [0, 0.05) is 40.9 Å². The number of carbonyl (C=O) groups excluding carboxylic acids is 2. The zero-order chi connectivity index (χ0) is 37.2. The van der Waals surface area contributed by atoms with Crippen LogP contribution in [0.3, 0.4) is 0 Å². The van der Waals surface area contributed by atoms with E-state index >= 15 is 0 Å². The number of amidine groups is 1. The Hall–Kier alpha value is -6.02. The van der Waals surface area contributed by atoms with Gasteiger partial charge in [-0.05, 0) is 53.2 Å². The molecule has 1 aromatic heterocycles. The number of carbonyl (C=O) groups is 2. The number of nitrogens with two attached hydrogens (primary N) is 2. The highest BCUT2D eigenvalue weighted by molar-refractivity contribution is 6.00. The summed E-state index contributed by atoms with van der Waals surface area (Å²) in [4.78, 5) is 27.9. The molecule has 51 heavy (non-hydrogen) atoms. The summed E-state index contributed by atoms with van der Waals surface area (Å²) in [5, 5.41) is 17.4. The maximum absolute atomic E-state index is 13.9. The highest BCUT2D eigenvalue weighted by atomic mass is 19.1. The molecule has 0 aliphatic carbocycles. The fraction of sp³-hybridized carbons (Fsp3) is 0.243. The van der Waals surface area contributed by atoms with Crippen LogP contribution in [0, 0.1) is 11.6 Å². The second-order valence-corrected chi connectivity index (χ2v) is 11.1. The van der Waals surface area contributed by atoms with Gasteiger partial charge in [-0.3, -0.25) is 9.59 Å². The van der Waals surface area contributed by atoms with Crippen molar-refractivity contribution in [2.24, 2.45) is 16.8 Å². The number of aromatic nitrogens is 4. The van der Waals surface area contributed by atoms with Crippen molar-refractivity contribution >= 4 is 29.0 Å². The third-order valence-electron chi connectivity index (χ3n) is 7.18. The Bertz CT molecular complexity index is 1870. The predicted molar refractivity (Wildman–Crippen MR) is 196 cm³/mol. The molecule has 0 fully saturated rings. The SMILES string of the molecule is CCC.CCC(=O)N(Cc1cccc(F)c1)c1cccc(-c2nn[nH]n2)c1.CCC(=O)N(Cc1ccccc1F)c1cccc(/C(=N/N)NN)c1. The first-order valence-electron chi connectivity index (χ1n) is 16.5. The summed E-state index contributed by atoms with van der Waals surface area (Å²) >= 11 is 0. The van der Waals surface area contributed by atoms with E-state index in [9.17, 15) is 18.4 Å². The van der Waals surface area contributed by atoms with Crippen molar-refractivity contribution in [1.82, 2.24) is 26.0 Å². The second-order valence-electron chi connectivity index (χ2n) is 11.1. The maximum Gasteiger partial charge on any atom is 0.227 e. The van der Waals surface area contributed by atoms with Crippen LogP contribution in [-0.2, 0) is 22.7 Å². The zero-order valence-electron chi connectivity index (χ0n) is 29.2. The number of hydrazone groups is 1. The van der Waals surface area contributed by atoms with Crippen LogP contribution >= 0.6 is 0 Å². The molecule has 4 aromatic carbocycles. The molecule has 0 aliphatic rings. The number of rotatable bonds is 10. The third kappa shape index (κ3) is 11.5. The highest BCUT2D eigenvalue weighted by Crippen LogP contribution is 2.25. The summed E-state index contributed by atoms with van der Waals surface area (Å²) in [6.07, 6.45) is 1.90. The van der Waals surface area contributed by atoms with E-state index in [0.29, 0.717) is 47.7 Å². The molecular formula is C37H44F2N10O2. The van der Waals surface area contributed by atoms with Gasteiger partial charge in [0.1, 0.15) is 11.6 Å². The molecule has 0 spiro atoms. The van der Waals surface area contributed by atoms with E-state index in [1.807, 2.05) is 24.3 Å². The lowest BCUT2D eigenvalue weighted by Gasteiger charge is -2.23. The van der Waals surface area contributed by atoms with Crippen LogP contribution in [0.4, 0.5) is 20.2 Å². The number of aromatic amines is 1. The number of nitrogens with zero attached hydrogens (tertiary/aromatic N) is 6. The molecule has 2 amide bonds. The zero-order valence-corrected chi connectivity index (χ0v) is 29.2. The second kappa shape index (κ2) is 20.5. The number of hydrogen-bond donors (Lipinski definition) is 4. The van der Waals surface area contributed by atoms with Crippen LogP contribution in [0.1, 0.15) is 63.6 Å². The van der Waals surface area contributed by atoms with E-state index in [0.717, 1.165) is 11.1 Å². The average molecular weight is 699 g/mol. The van der Waals surface area contributed by atoms with E-state index in [-0.39, 0.29) is 35.8 Å². The first-order valence-corrected chi connectivity index (χ1v) is 16.5. The fourth-order valence-electron chi connectivity index (χ4n) is 4.76. The Morgan fingerprint density at radius 2 is 1.43 bits per heavy atom. The highest BCUT2D eigenvalue weighted by Gasteiger charge is 2.18. The molecule has 14 heteroatoms. The van der Waals surface area contributed by atoms with Crippen LogP contribution < -0.4 is 26.9 Å². The standard InChI is InChI=1S/C17H16FN5O.C17H20FN5O.C3H8/c1-2-16(24)23(11-12-5-3-7-14(18)9-12)15-8-4-6-13(10-15)17-19-21-22-20-17;1-2-16(24)23(11-13-6-3-4-9-15(13)18)14-8-5-7-12(10-14)17(21-19)22-20;1-3-2/h3-10H,2,11H2,1H3,(H,19,20,21,22);3-10H,2,11,19-20H2,1H3,(H,21,22);3H2,1-2H3. The summed E-state index contributed by atoms with van der Waals surface area (Å²) in [6.45, 7) is 8.23. The molecular weight excluding hydrogens is 654 g/mol. The van der Waals surface area contributed by atoms with Gasteiger partial charge in [0.25, 0.3) is 0 Å². The van der Waals surface area contributed by atoms with E-state index < -0.39 is 0 Å². The molecule has 0 unspecified atom stereocenters. The van der Waals surface area contributed by atoms with Crippen molar-refractivity contribution in [2.75, 3.05) is 9.80 Å². The number of halogens is 2. The van der Waals surface area contributed by atoms with Crippen molar-refractivity contribution in [3.8, 4) is 11.4 Å². The summed E-state index contributed by atoms with van der Waals surface area (Å²) in [6, 6.07) is 26.9. The minimum Gasteiger partial charge on any atom is -0.321 e. The van der Waals surface area contributed by atoms with Gasteiger partial charge in [-0.15, -0.1) is 10.2 Å². The average Bonchev–Trinajstić information content (AvgIpc) is 3.70. The number of nitrogens with one attached hydrogen (secondary N) is 2. The van der Waals surface area contributed by atoms with Crippen LogP contribution in [0.15, 0.2) is 102 Å². The number of amides is 2. The topological polar surface area (TPSA) is 172 Å². The number of benzene rings is 4. The number of hydrogen-bond acceptors (Lipinski definition) is 8. The lowest BCUT2D eigenvalue weighted by Crippen LogP contribution is -2.33. The van der Waals surface area contributed by atoms with Crippen LogP contribution in [0.2, 0.25) is 0 Å². The van der Waals surface area contributed by atoms with E-state index in [2.05, 4.69) is 45.0 Å². The first-order chi connectivity index (χ1) is 24.7. The third-order valence-corrected chi connectivity index (χ3v) is 7.18. The molecule has 0 aliphatic heterocycles. The number of H-pyrrole nitrogens is 1. The van der Waals surface area contributed by atoms with Gasteiger partial charge in [0.15, 0.2) is 5.84 Å². The molecule has 0 atom stereocenters. The Labute approximate surface area is 296 Å². The normalized spacial score (nSPS) is 10.6. The molecule has 0 saturated heterocycles. The van der Waals surface area contributed by atoms with Crippen molar-refractivity contribution in [1.29, 1.82) is 0 Å². The molecule has 6 N–H and O–H groups in total. The summed E-state index contributed by atoms with van der Waals surface area (Å²) in [5.74, 6) is 10.6. The van der Waals surface area contributed by atoms with Gasteiger partial charge in [0.2, 0.25) is 17.6 Å². The van der Waals surface area contributed by atoms with Gasteiger partial charge in [0.05, 0.1) is 13.1 Å². The van der Waals surface area contributed by atoms with Crippen LogP contribution in [-0.4, -0.2) is 38.3 Å². The predicted octanol–water partition coefficient (Wildman–Crippen LogP) is 6.22. The maximum atomic E-state index is 13.9. The molecule has 5 aromatic rings. The minimum absolute atomic E-state index is 0.0514. The van der Waals surface area contributed by atoms with Gasteiger partial charge in [-0.2, -0.15) is 10.3 Å². The molecule has 0 radical (unpaired) electrons. The molecule has 12 nitrogen and oxygen atoms in total. The largest absolute Gasteiger partial charge is 0.321 e. The molecule has 1 heterocycles. The lowest BCUT2D eigenvalue weighted by atomic mass is 10.1. The van der Waals surface area contributed by atoms with E-state index in [1.54, 1.807) is 73.3 Å². The van der Waals surface area contributed by atoms with E-state index in [1.165, 1.54) is 29.5 Å². The van der Waals surface area contributed by atoms with Gasteiger partial charge in [-0.1, -0.05) is 88.7 Å². The van der Waals surface area contributed by atoms with E-state index in [4.69, 9.17) is 11.7 Å². The number of tetrazole rings is 1.